The molecule has 0 aromatic carbocycles. The molecule has 0 bridgehead atoms. The van der Waals surface area contributed by atoms with Crippen LogP contribution in [0.5, 0.6) is 0 Å². The molecule has 1 atom stereocenters. The van der Waals surface area contributed by atoms with Gasteiger partial charge in [0.25, 0.3) is 0 Å². The first-order valence-electron chi connectivity index (χ1n) is 6.17. The highest BCUT2D eigenvalue weighted by Gasteiger charge is 2.43. The Morgan fingerprint density at radius 1 is 1.53 bits per heavy atom. The number of carbonyl (C=O) groups is 1. The van der Waals surface area contributed by atoms with Crippen molar-refractivity contribution in [2.45, 2.75) is 45.1 Å². The molecule has 0 aromatic rings. The third kappa shape index (κ3) is 1.78. The van der Waals surface area contributed by atoms with Crippen LogP contribution in [-0.4, -0.2) is 37.0 Å². The van der Waals surface area contributed by atoms with Gasteiger partial charge in [-0.25, -0.2) is 0 Å². The highest BCUT2D eigenvalue weighted by molar-refractivity contribution is 5.83. The SMILES string of the molecule is CCC1(C(=O)N(C)C2CCC2)CCNC1. The lowest BCUT2D eigenvalue weighted by molar-refractivity contribution is -0.143. The third-order valence-electron chi connectivity index (χ3n) is 4.32. The van der Waals surface area contributed by atoms with E-state index in [1.165, 1.54) is 19.3 Å². The molecule has 86 valence electrons. The Bertz CT molecular complexity index is 242. The second-order valence-electron chi connectivity index (χ2n) is 5.06. The molecule has 3 heteroatoms. The summed E-state index contributed by atoms with van der Waals surface area (Å²) in [5, 5.41) is 3.33. The average molecular weight is 210 g/mol. The summed E-state index contributed by atoms with van der Waals surface area (Å²) >= 11 is 0. The molecule has 0 aromatic heterocycles. The summed E-state index contributed by atoms with van der Waals surface area (Å²) < 4.78 is 0. The van der Waals surface area contributed by atoms with E-state index in [1.807, 2.05) is 11.9 Å². The first-order chi connectivity index (χ1) is 7.19. The predicted molar refractivity (Wildman–Crippen MR) is 60.6 cm³/mol. The van der Waals surface area contributed by atoms with Crippen molar-refractivity contribution in [3.8, 4) is 0 Å². The van der Waals surface area contributed by atoms with E-state index in [4.69, 9.17) is 0 Å². The lowest BCUT2D eigenvalue weighted by Gasteiger charge is -2.39. The molecule has 3 nitrogen and oxygen atoms in total. The molecule has 1 amide bonds. The minimum Gasteiger partial charge on any atom is -0.342 e. The first-order valence-corrected chi connectivity index (χ1v) is 6.17. The largest absolute Gasteiger partial charge is 0.342 e. The summed E-state index contributed by atoms with van der Waals surface area (Å²) in [5.41, 5.74) is -0.0929. The van der Waals surface area contributed by atoms with E-state index in [2.05, 4.69) is 12.2 Å². The molecule has 1 saturated carbocycles. The van der Waals surface area contributed by atoms with Crippen LogP contribution < -0.4 is 5.32 Å². The monoisotopic (exact) mass is 210 g/mol. The van der Waals surface area contributed by atoms with Gasteiger partial charge in [0, 0.05) is 19.6 Å². The normalized spacial score (nSPS) is 31.3. The lowest BCUT2D eigenvalue weighted by atomic mass is 9.81. The van der Waals surface area contributed by atoms with Gasteiger partial charge < -0.3 is 10.2 Å². The minimum absolute atomic E-state index is 0.0929. The van der Waals surface area contributed by atoms with Gasteiger partial charge in [0.15, 0.2) is 0 Å². The highest BCUT2D eigenvalue weighted by Crippen LogP contribution is 2.34. The highest BCUT2D eigenvalue weighted by atomic mass is 16.2. The van der Waals surface area contributed by atoms with E-state index in [0.29, 0.717) is 11.9 Å². The fraction of sp³-hybridized carbons (Fsp3) is 0.917. The maximum Gasteiger partial charge on any atom is 0.230 e. The molecule has 1 N–H and O–H groups in total. The van der Waals surface area contributed by atoms with Gasteiger partial charge in [0.05, 0.1) is 5.41 Å². The molecule has 0 radical (unpaired) electrons. The molecule has 1 heterocycles. The van der Waals surface area contributed by atoms with E-state index < -0.39 is 0 Å². The van der Waals surface area contributed by atoms with Crippen LogP contribution in [0.2, 0.25) is 0 Å². The van der Waals surface area contributed by atoms with Crippen LogP contribution in [0.1, 0.15) is 39.0 Å². The molecule has 1 saturated heterocycles. The second kappa shape index (κ2) is 4.12. The summed E-state index contributed by atoms with van der Waals surface area (Å²) in [7, 11) is 1.99. The van der Waals surface area contributed by atoms with Crippen molar-refractivity contribution in [3.05, 3.63) is 0 Å². The number of nitrogens with zero attached hydrogens (tertiary/aromatic N) is 1. The molecule has 1 unspecified atom stereocenters. The Labute approximate surface area is 92.2 Å². The molecule has 1 aliphatic heterocycles. The zero-order valence-electron chi connectivity index (χ0n) is 9.88. The maximum atomic E-state index is 12.4. The van der Waals surface area contributed by atoms with E-state index in [1.54, 1.807) is 0 Å². The Morgan fingerprint density at radius 3 is 2.67 bits per heavy atom. The van der Waals surface area contributed by atoms with Crippen molar-refractivity contribution in [1.82, 2.24) is 10.2 Å². The van der Waals surface area contributed by atoms with Crippen LogP contribution >= 0.6 is 0 Å². The zero-order valence-corrected chi connectivity index (χ0v) is 9.88. The molecule has 15 heavy (non-hydrogen) atoms. The second-order valence-corrected chi connectivity index (χ2v) is 5.06. The molecule has 2 aliphatic rings. The quantitative estimate of drug-likeness (QED) is 0.763. The molecular weight excluding hydrogens is 188 g/mol. The third-order valence-corrected chi connectivity index (χ3v) is 4.32. The first kappa shape index (κ1) is 10.9. The van der Waals surface area contributed by atoms with Crippen LogP contribution in [0.4, 0.5) is 0 Å². The standard InChI is InChI=1S/C12H22N2O/c1-3-12(7-8-13-9-12)11(15)14(2)10-5-4-6-10/h10,13H,3-9H2,1-2H3. The van der Waals surface area contributed by atoms with E-state index in [-0.39, 0.29) is 5.41 Å². The van der Waals surface area contributed by atoms with E-state index in [0.717, 1.165) is 25.9 Å². The van der Waals surface area contributed by atoms with Gasteiger partial charge in [0.1, 0.15) is 0 Å². The van der Waals surface area contributed by atoms with Crippen LogP contribution in [0.3, 0.4) is 0 Å². The minimum atomic E-state index is -0.0929. The van der Waals surface area contributed by atoms with Gasteiger partial charge in [-0.1, -0.05) is 6.92 Å². The predicted octanol–water partition coefficient (Wildman–Crippen LogP) is 1.39. The summed E-state index contributed by atoms with van der Waals surface area (Å²) in [6.07, 6.45) is 5.68. The topological polar surface area (TPSA) is 32.3 Å². The number of rotatable bonds is 3. The van der Waals surface area contributed by atoms with Gasteiger partial charge >= 0.3 is 0 Å². The average Bonchev–Trinajstić information content (AvgIpc) is 2.63. The molecule has 0 spiro atoms. The van der Waals surface area contributed by atoms with Gasteiger partial charge in [-0.05, 0) is 38.6 Å². The zero-order chi connectivity index (χ0) is 10.9. The molecule has 2 fully saturated rings. The Kier molecular flexibility index (Phi) is 3.01. The Balaban J connectivity index is 2.03. The Morgan fingerprint density at radius 2 is 2.27 bits per heavy atom. The Hall–Kier alpha value is -0.570. The number of hydrogen-bond acceptors (Lipinski definition) is 2. The fourth-order valence-electron chi connectivity index (χ4n) is 2.69. The number of hydrogen-bond donors (Lipinski definition) is 1. The smallest absolute Gasteiger partial charge is 0.230 e. The molecule has 2 rings (SSSR count). The van der Waals surface area contributed by atoms with Crippen LogP contribution in [0.15, 0.2) is 0 Å². The maximum absolute atomic E-state index is 12.4. The summed E-state index contributed by atoms with van der Waals surface area (Å²) in [4.78, 5) is 14.4. The van der Waals surface area contributed by atoms with Gasteiger partial charge in [-0.15, -0.1) is 0 Å². The van der Waals surface area contributed by atoms with Gasteiger partial charge in [-0.3, -0.25) is 4.79 Å². The fourth-order valence-corrected chi connectivity index (χ4v) is 2.69. The van der Waals surface area contributed by atoms with Gasteiger partial charge in [-0.2, -0.15) is 0 Å². The number of nitrogens with one attached hydrogen (secondary N) is 1. The van der Waals surface area contributed by atoms with Crippen molar-refractivity contribution in [1.29, 1.82) is 0 Å². The summed E-state index contributed by atoms with van der Waals surface area (Å²) in [6.45, 7) is 4.01. The van der Waals surface area contributed by atoms with Gasteiger partial charge in [0.2, 0.25) is 5.91 Å². The number of carbonyl (C=O) groups excluding carboxylic acids is 1. The van der Waals surface area contributed by atoms with Crippen molar-refractivity contribution in [2.75, 3.05) is 20.1 Å². The molecular formula is C12H22N2O. The van der Waals surface area contributed by atoms with Crippen molar-refractivity contribution < 1.29 is 4.79 Å². The van der Waals surface area contributed by atoms with Crippen LogP contribution in [0.25, 0.3) is 0 Å². The lowest BCUT2D eigenvalue weighted by Crippen LogP contribution is -2.49. The number of amides is 1. The van der Waals surface area contributed by atoms with Crippen molar-refractivity contribution in [3.63, 3.8) is 0 Å². The van der Waals surface area contributed by atoms with E-state index >= 15 is 0 Å². The van der Waals surface area contributed by atoms with Crippen molar-refractivity contribution >= 4 is 5.91 Å². The summed E-state index contributed by atoms with van der Waals surface area (Å²) in [5.74, 6) is 0.375. The van der Waals surface area contributed by atoms with Crippen LogP contribution in [-0.2, 0) is 4.79 Å². The summed E-state index contributed by atoms with van der Waals surface area (Å²) in [6, 6.07) is 0.529. The molecule has 1 aliphatic carbocycles. The van der Waals surface area contributed by atoms with Crippen LogP contribution in [0, 0.1) is 5.41 Å². The van der Waals surface area contributed by atoms with E-state index in [9.17, 15) is 4.79 Å². The van der Waals surface area contributed by atoms with Crippen molar-refractivity contribution in [2.24, 2.45) is 5.41 Å².